The Hall–Kier alpha value is 0.690. The number of hydrogen-bond donors (Lipinski definition) is 0. The highest BCUT2D eigenvalue weighted by Crippen LogP contribution is 2.25. The van der Waals surface area contributed by atoms with Crippen LogP contribution in [0.25, 0.3) is 0 Å². The lowest BCUT2D eigenvalue weighted by molar-refractivity contribution is -0.00686. The molecule has 0 radical (unpaired) electrons. The van der Waals surface area contributed by atoms with Crippen molar-refractivity contribution < 1.29 is 4.74 Å². The Labute approximate surface area is 76.7 Å². The molecule has 1 atom stereocenters. The molecule has 1 unspecified atom stereocenters. The third-order valence-corrected chi connectivity index (χ3v) is 3.70. The van der Waals surface area contributed by atoms with Gasteiger partial charge in [0.1, 0.15) is 0 Å². The van der Waals surface area contributed by atoms with Gasteiger partial charge in [0.2, 0.25) is 0 Å². The molecule has 1 aliphatic rings. The molecule has 10 heavy (non-hydrogen) atoms. The van der Waals surface area contributed by atoms with Crippen molar-refractivity contribution >= 4 is 22.6 Å². The molecule has 0 aliphatic carbocycles. The maximum atomic E-state index is 5.73. The minimum atomic E-state index is 0.192. The maximum Gasteiger partial charge on any atom is 0.0743 e. The van der Waals surface area contributed by atoms with E-state index < -0.39 is 0 Å². The number of halogens is 1. The first-order valence-corrected chi connectivity index (χ1v) is 5.49. The Bertz CT molecular complexity index is 95.4. The van der Waals surface area contributed by atoms with E-state index in [4.69, 9.17) is 4.74 Å². The summed E-state index contributed by atoms with van der Waals surface area (Å²) < 4.78 is 6.86. The second kappa shape index (κ2) is 3.90. The van der Waals surface area contributed by atoms with Crippen LogP contribution in [0.15, 0.2) is 0 Å². The van der Waals surface area contributed by atoms with Gasteiger partial charge in [0.15, 0.2) is 0 Å². The zero-order valence-corrected chi connectivity index (χ0v) is 8.69. The Morgan fingerprint density at radius 2 is 2.20 bits per heavy atom. The standard InChI is InChI=1S/C8H15IO/c1-8(7-9)5-3-2-4-6-10-8/h2-7H2,1H3. The largest absolute Gasteiger partial charge is 0.374 e. The van der Waals surface area contributed by atoms with Crippen molar-refractivity contribution in [2.45, 2.75) is 38.2 Å². The minimum absolute atomic E-state index is 0.192. The van der Waals surface area contributed by atoms with Crippen LogP contribution >= 0.6 is 22.6 Å². The van der Waals surface area contributed by atoms with E-state index in [1.165, 1.54) is 25.7 Å². The highest BCUT2D eigenvalue weighted by Gasteiger charge is 2.24. The highest BCUT2D eigenvalue weighted by molar-refractivity contribution is 14.1. The summed E-state index contributed by atoms with van der Waals surface area (Å²) >= 11 is 2.42. The molecule has 0 N–H and O–H groups in total. The van der Waals surface area contributed by atoms with E-state index in [1.54, 1.807) is 0 Å². The summed E-state index contributed by atoms with van der Waals surface area (Å²) in [5, 5.41) is 0. The van der Waals surface area contributed by atoms with Gasteiger partial charge in [-0.25, -0.2) is 0 Å². The van der Waals surface area contributed by atoms with Crippen molar-refractivity contribution in [1.82, 2.24) is 0 Å². The number of ether oxygens (including phenoxy) is 1. The van der Waals surface area contributed by atoms with Crippen LogP contribution in [-0.4, -0.2) is 16.6 Å². The number of rotatable bonds is 1. The first-order chi connectivity index (χ1) is 4.77. The predicted molar refractivity (Wildman–Crippen MR) is 51.7 cm³/mol. The summed E-state index contributed by atoms with van der Waals surface area (Å²) in [5.41, 5.74) is 0.192. The Morgan fingerprint density at radius 3 is 2.90 bits per heavy atom. The minimum Gasteiger partial charge on any atom is -0.374 e. The van der Waals surface area contributed by atoms with Crippen molar-refractivity contribution in [2.75, 3.05) is 11.0 Å². The van der Waals surface area contributed by atoms with Crippen molar-refractivity contribution in [3.8, 4) is 0 Å². The molecular weight excluding hydrogens is 239 g/mol. The average Bonchev–Trinajstić information content (AvgIpc) is 2.15. The Balaban J connectivity index is 2.41. The molecule has 1 saturated heterocycles. The third kappa shape index (κ3) is 2.38. The fourth-order valence-electron chi connectivity index (χ4n) is 1.27. The average molecular weight is 254 g/mol. The van der Waals surface area contributed by atoms with Crippen LogP contribution in [0.1, 0.15) is 32.6 Å². The number of hydrogen-bond acceptors (Lipinski definition) is 1. The van der Waals surface area contributed by atoms with Crippen LogP contribution in [0.2, 0.25) is 0 Å². The molecular formula is C8H15IO. The van der Waals surface area contributed by atoms with Crippen LogP contribution in [0.3, 0.4) is 0 Å². The van der Waals surface area contributed by atoms with Crippen LogP contribution in [0.5, 0.6) is 0 Å². The van der Waals surface area contributed by atoms with Crippen LogP contribution in [0, 0.1) is 0 Å². The lowest BCUT2D eigenvalue weighted by atomic mass is 10.0. The van der Waals surface area contributed by atoms with Crippen molar-refractivity contribution in [1.29, 1.82) is 0 Å². The highest BCUT2D eigenvalue weighted by atomic mass is 127. The van der Waals surface area contributed by atoms with E-state index in [2.05, 4.69) is 29.5 Å². The summed E-state index contributed by atoms with van der Waals surface area (Å²) in [6.07, 6.45) is 5.20. The van der Waals surface area contributed by atoms with Crippen LogP contribution in [0.4, 0.5) is 0 Å². The normalized spacial score (nSPS) is 35.4. The number of alkyl halides is 1. The monoisotopic (exact) mass is 254 g/mol. The van der Waals surface area contributed by atoms with Gasteiger partial charge in [-0.3, -0.25) is 0 Å². The predicted octanol–water partition coefficient (Wildman–Crippen LogP) is 2.77. The third-order valence-electron chi connectivity index (χ3n) is 2.08. The van der Waals surface area contributed by atoms with Crippen molar-refractivity contribution in [3.05, 3.63) is 0 Å². The molecule has 2 heteroatoms. The van der Waals surface area contributed by atoms with E-state index in [-0.39, 0.29) is 5.60 Å². The quantitative estimate of drug-likeness (QED) is 0.516. The topological polar surface area (TPSA) is 9.23 Å². The molecule has 0 aromatic heterocycles. The fraction of sp³-hybridized carbons (Fsp3) is 1.00. The molecule has 0 bridgehead atoms. The lowest BCUT2D eigenvalue weighted by Gasteiger charge is -2.25. The molecule has 1 heterocycles. The Kier molecular flexibility index (Phi) is 3.43. The van der Waals surface area contributed by atoms with Crippen LogP contribution < -0.4 is 0 Å². The van der Waals surface area contributed by atoms with Crippen molar-refractivity contribution in [2.24, 2.45) is 0 Å². The molecule has 0 spiro atoms. The second-order valence-corrected chi connectivity index (χ2v) is 4.01. The lowest BCUT2D eigenvalue weighted by Crippen LogP contribution is -2.29. The summed E-state index contributed by atoms with van der Waals surface area (Å²) in [6.45, 7) is 3.20. The molecule has 1 fully saturated rings. The van der Waals surface area contributed by atoms with Gasteiger partial charge in [-0.15, -0.1) is 0 Å². The van der Waals surface area contributed by atoms with Crippen LogP contribution in [-0.2, 0) is 4.74 Å². The van der Waals surface area contributed by atoms with E-state index in [0.29, 0.717) is 0 Å². The summed E-state index contributed by atoms with van der Waals surface area (Å²) in [5.74, 6) is 0. The smallest absolute Gasteiger partial charge is 0.0743 e. The summed E-state index contributed by atoms with van der Waals surface area (Å²) in [7, 11) is 0. The second-order valence-electron chi connectivity index (χ2n) is 3.24. The van der Waals surface area contributed by atoms with Gasteiger partial charge in [0, 0.05) is 11.0 Å². The zero-order valence-electron chi connectivity index (χ0n) is 6.53. The van der Waals surface area contributed by atoms with E-state index in [0.717, 1.165) is 11.0 Å². The van der Waals surface area contributed by atoms with Gasteiger partial charge in [0.05, 0.1) is 5.60 Å². The molecule has 0 amide bonds. The van der Waals surface area contributed by atoms with Gasteiger partial charge < -0.3 is 4.74 Å². The maximum absolute atomic E-state index is 5.73. The fourth-order valence-corrected chi connectivity index (χ4v) is 1.88. The van der Waals surface area contributed by atoms with E-state index in [1.807, 2.05) is 0 Å². The molecule has 0 aromatic rings. The summed E-state index contributed by atoms with van der Waals surface area (Å²) in [4.78, 5) is 0. The van der Waals surface area contributed by atoms with Gasteiger partial charge >= 0.3 is 0 Å². The van der Waals surface area contributed by atoms with Crippen molar-refractivity contribution in [3.63, 3.8) is 0 Å². The van der Waals surface area contributed by atoms with Gasteiger partial charge in [0.25, 0.3) is 0 Å². The summed E-state index contributed by atoms with van der Waals surface area (Å²) in [6, 6.07) is 0. The molecule has 0 aromatic carbocycles. The first kappa shape index (κ1) is 8.78. The molecule has 1 rings (SSSR count). The van der Waals surface area contributed by atoms with E-state index in [9.17, 15) is 0 Å². The Morgan fingerprint density at radius 1 is 1.40 bits per heavy atom. The van der Waals surface area contributed by atoms with Gasteiger partial charge in [-0.1, -0.05) is 35.4 Å². The molecule has 60 valence electrons. The first-order valence-electron chi connectivity index (χ1n) is 3.97. The SMILES string of the molecule is CC1(CI)CCCCCO1. The molecule has 1 nitrogen and oxygen atoms in total. The van der Waals surface area contributed by atoms with E-state index >= 15 is 0 Å². The molecule has 0 saturated carbocycles. The van der Waals surface area contributed by atoms with Gasteiger partial charge in [-0.05, 0) is 19.8 Å². The zero-order chi connectivity index (χ0) is 7.45. The molecule has 1 aliphatic heterocycles. The van der Waals surface area contributed by atoms with Gasteiger partial charge in [-0.2, -0.15) is 0 Å².